The monoisotopic (exact) mass is 317 g/mol. The number of thiazole rings is 1. The zero-order valence-corrected chi connectivity index (χ0v) is 13.3. The van der Waals surface area contributed by atoms with Gasteiger partial charge in [-0.1, -0.05) is 27.7 Å². The number of hydrogen-bond donors (Lipinski definition) is 1. The van der Waals surface area contributed by atoms with Crippen LogP contribution < -0.4 is 0 Å². The number of aromatic nitrogens is 1. The first-order valence-corrected chi connectivity index (χ1v) is 7.63. The molecule has 96 valence electrons. The van der Waals surface area contributed by atoms with E-state index in [1.807, 2.05) is 5.38 Å². The molecule has 2 nitrogen and oxygen atoms in total. The molecule has 1 saturated carbocycles. The molecule has 1 heterocycles. The SMILES string of the molecule is CC1(C)CC(C)(C)CC(O)(c2nc(Br)cs2)C1. The Morgan fingerprint density at radius 1 is 1.18 bits per heavy atom. The molecule has 1 fully saturated rings. The molecule has 1 N–H and O–H groups in total. The molecule has 0 bridgehead atoms. The summed E-state index contributed by atoms with van der Waals surface area (Å²) in [5, 5.41) is 13.8. The van der Waals surface area contributed by atoms with Gasteiger partial charge in [0.05, 0.1) is 0 Å². The molecular formula is C13H20BrNOS. The van der Waals surface area contributed by atoms with Crippen LogP contribution in [0.25, 0.3) is 0 Å². The lowest BCUT2D eigenvalue weighted by molar-refractivity contribution is -0.0913. The average molecular weight is 318 g/mol. The number of halogens is 1. The highest BCUT2D eigenvalue weighted by molar-refractivity contribution is 9.10. The fourth-order valence-electron chi connectivity index (χ4n) is 3.69. The zero-order chi connectivity index (χ0) is 12.9. The van der Waals surface area contributed by atoms with Crippen molar-refractivity contribution < 1.29 is 5.11 Å². The number of hydrogen-bond acceptors (Lipinski definition) is 3. The summed E-state index contributed by atoms with van der Waals surface area (Å²) in [6.07, 6.45) is 2.74. The molecule has 0 atom stereocenters. The fraction of sp³-hybridized carbons (Fsp3) is 0.769. The van der Waals surface area contributed by atoms with E-state index in [-0.39, 0.29) is 10.8 Å². The third kappa shape index (κ3) is 2.91. The van der Waals surface area contributed by atoms with Crippen LogP contribution in [-0.2, 0) is 5.60 Å². The van der Waals surface area contributed by atoms with Crippen molar-refractivity contribution in [3.05, 3.63) is 15.0 Å². The second-order valence-corrected chi connectivity index (χ2v) is 8.54. The standard InChI is InChI=1S/C13H20BrNOS/c1-11(2)6-12(3,4)8-13(16,7-11)10-15-9(14)5-17-10/h5,16H,6-8H2,1-4H3. The van der Waals surface area contributed by atoms with Gasteiger partial charge in [-0.3, -0.25) is 0 Å². The van der Waals surface area contributed by atoms with E-state index in [0.29, 0.717) is 0 Å². The lowest BCUT2D eigenvalue weighted by Crippen LogP contribution is -2.44. The summed E-state index contributed by atoms with van der Waals surface area (Å²) < 4.78 is 0.826. The normalized spacial score (nSPS) is 25.8. The molecule has 0 aromatic carbocycles. The molecule has 1 aromatic heterocycles. The topological polar surface area (TPSA) is 33.1 Å². The van der Waals surface area contributed by atoms with Crippen molar-refractivity contribution in [2.75, 3.05) is 0 Å². The smallest absolute Gasteiger partial charge is 0.126 e. The Morgan fingerprint density at radius 3 is 2.12 bits per heavy atom. The summed E-state index contributed by atoms with van der Waals surface area (Å²) >= 11 is 4.92. The maximum absolute atomic E-state index is 11.0. The van der Waals surface area contributed by atoms with E-state index in [0.717, 1.165) is 28.9 Å². The second-order valence-electron chi connectivity index (χ2n) is 6.87. The van der Waals surface area contributed by atoms with Crippen molar-refractivity contribution in [1.29, 1.82) is 0 Å². The van der Waals surface area contributed by atoms with Gasteiger partial charge in [-0.05, 0) is 46.0 Å². The van der Waals surface area contributed by atoms with E-state index < -0.39 is 5.60 Å². The number of aliphatic hydroxyl groups is 1. The minimum atomic E-state index is -0.762. The van der Waals surface area contributed by atoms with E-state index in [1.165, 1.54) is 0 Å². The van der Waals surface area contributed by atoms with E-state index in [4.69, 9.17) is 0 Å². The van der Waals surface area contributed by atoms with Gasteiger partial charge < -0.3 is 5.11 Å². The highest BCUT2D eigenvalue weighted by atomic mass is 79.9. The molecule has 0 aliphatic heterocycles. The Balaban J connectivity index is 2.36. The Morgan fingerprint density at radius 2 is 1.71 bits per heavy atom. The summed E-state index contributed by atoms with van der Waals surface area (Å²) in [4.78, 5) is 4.42. The van der Waals surface area contributed by atoms with Crippen molar-refractivity contribution in [3.63, 3.8) is 0 Å². The first kappa shape index (κ1) is 13.5. The average Bonchev–Trinajstić information content (AvgIpc) is 2.44. The molecular weight excluding hydrogens is 298 g/mol. The van der Waals surface area contributed by atoms with Crippen LogP contribution in [0, 0.1) is 10.8 Å². The first-order chi connectivity index (χ1) is 7.62. The van der Waals surface area contributed by atoms with Crippen molar-refractivity contribution in [2.45, 2.75) is 52.6 Å². The van der Waals surface area contributed by atoms with Crippen LogP contribution in [0.2, 0.25) is 0 Å². The Labute approximate surface area is 116 Å². The zero-order valence-electron chi connectivity index (χ0n) is 10.9. The molecule has 0 spiro atoms. The summed E-state index contributed by atoms with van der Waals surface area (Å²) in [5.74, 6) is 0. The van der Waals surface area contributed by atoms with E-state index in [1.54, 1.807) is 11.3 Å². The van der Waals surface area contributed by atoms with Gasteiger partial charge in [-0.15, -0.1) is 11.3 Å². The quantitative estimate of drug-likeness (QED) is 0.836. The Bertz CT molecular complexity index is 409. The van der Waals surface area contributed by atoms with Gasteiger partial charge in [0, 0.05) is 5.38 Å². The summed E-state index contributed by atoms with van der Waals surface area (Å²) in [6, 6.07) is 0. The molecule has 2 rings (SSSR count). The first-order valence-electron chi connectivity index (χ1n) is 5.96. The molecule has 1 aliphatic carbocycles. The molecule has 1 aliphatic rings. The molecule has 1 aromatic rings. The van der Waals surface area contributed by atoms with Crippen LogP contribution in [0.3, 0.4) is 0 Å². The van der Waals surface area contributed by atoms with Crippen LogP contribution in [-0.4, -0.2) is 10.1 Å². The molecule has 0 saturated heterocycles. The number of nitrogens with zero attached hydrogens (tertiary/aromatic N) is 1. The minimum absolute atomic E-state index is 0.161. The Kier molecular flexibility index (Phi) is 3.21. The maximum Gasteiger partial charge on any atom is 0.126 e. The lowest BCUT2D eigenvalue weighted by Gasteiger charge is -2.48. The van der Waals surface area contributed by atoms with Gasteiger partial charge in [-0.2, -0.15) is 0 Å². The maximum atomic E-state index is 11.0. The third-order valence-corrected chi connectivity index (χ3v) is 5.12. The van der Waals surface area contributed by atoms with Crippen molar-refractivity contribution in [3.8, 4) is 0 Å². The van der Waals surface area contributed by atoms with Crippen molar-refractivity contribution >= 4 is 27.3 Å². The number of rotatable bonds is 1. The van der Waals surface area contributed by atoms with Crippen LogP contribution in [0.1, 0.15) is 52.0 Å². The van der Waals surface area contributed by atoms with E-state index in [9.17, 15) is 5.11 Å². The van der Waals surface area contributed by atoms with Gasteiger partial charge in [0.2, 0.25) is 0 Å². The second kappa shape index (κ2) is 4.04. The van der Waals surface area contributed by atoms with E-state index >= 15 is 0 Å². The van der Waals surface area contributed by atoms with Crippen LogP contribution >= 0.6 is 27.3 Å². The predicted molar refractivity (Wildman–Crippen MR) is 75.1 cm³/mol. The predicted octanol–water partition coefficient (Wildman–Crippen LogP) is 4.33. The summed E-state index contributed by atoms with van der Waals surface area (Å²) in [7, 11) is 0. The highest BCUT2D eigenvalue weighted by Gasteiger charge is 2.48. The van der Waals surface area contributed by atoms with E-state index in [2.05, 4.69) is 48.6 Å². The largest absolute Gasteiger partial charge is 0.383 e. The van der Waals surface area contributed by atoms with Gasteiger partial charge >= 0.3 is 0 Å². The van der Waals surface area contributed by atoms with Crippen LogP contribution in [0.4, 0.5) is 0 Å². The molecule has 0 radical (unpaired) electrons. The Hall–Kier alpha value is 0.0700. The van der Waals surface area contributed by atoms with Crippen molar-refractivity contribution in [1.82, 2.24) is 4.98 Å². The molecule has 4 heteroatoms. The van der Waals surface area contributed by atoms with Crippen molar-refractivity contribution in [2.24, 2.45) is 10.8 Å². The van der Waals surface area contributed by atoms with Gasteiger partial charge in [0.15, 0.2) is 0 Å². The van der Waals surface area contributed by atoms with Gasteiger partial charge in [0.25, 0.3) is 0 Å². The molecule has 0 unspecified atom stereocenters. The lowest BCUT2D eigenvalue weighted by atomic mass is 9.60. The molecule has 0 amide bonds. The van der Waals surface area contributed by atoms with Crippen LogP contribution in [0.15, 0.2) is 9.98 Å². The third-order valence-electron chi connectivity index (χ3n) is 3.37. The van der Waals surface area contributed by atoms with Gasteiger partial charge in [0.1, 0.15) is 15.2 Å². The highest BCUT2D eigenvalue weighted by Crippen LogP contribution is 2.54. The summed E-state index contributed by atoms with van der Waals surface area (Å²) in [5.41, 5.74) is -0.439. The minimum Gasteiger partial charge on any atom is -0.383 e. The van der Waals surface area contributed by atoms with Crippen LogP contribution in [0.5, 0.6) is 0 Å². The summed E-state index contributed by atoms with van der Waals surface area (Å²) in [6.45, 7) is 8.95. The molecule has 17 heavy (non-hydrogen) atoms. The fourth-order valence-corrected chi connectivity index (χ4v) is 5.04. The van der Waals surface area contributed by atoms with Gasteiger partial charge in [-0.25, -0.2) is 4.98 Å².